The molecule has 0 radical (unpaired) electrons. The number of nitrogens with one attached hydrogen (secondary N) is 1. The van der Waals surface area contributed by atoms with Crippen molar-refractivity contribution < 1.29 is 8.42 Å². The van der Waals surface area contributed by atoms with E-state index in [-0.39, 0.29) is 5.88 Å². The van der Waals surface area contributed by atoms with Gasteiger partial charge < -0.3 is 5.32 Å². The largest absolute Gasteiger partial charge is 0.306 e. The fraction of sp³-hybridized carbons (Fsp3) is 0.500. The van der Waals surface area contributed by atoms with Crippen LogP contribution in [0.2, 0.25) is 0 Å². The Balaban J connectivity index is 3.95. The van der Waals surface area contributed by atoms with Gasteiger partial charge in [0.25, 0.3) is 0 Å². The van der Waals surface area contributed by atoms with Crippen molar-refractivity contribution in [3.8, 4) is 0 Å². The number of rotatable bonds is 3. The topological polar surface area (TPSA) is 46.2 Å². The zero-order valence-corrected chi connectivity index (χ0v) is 5.53. The van der Waals surface area contributed by atoms with E-state index in [4.69, 9.17) is 0 Å². The fourth-order valence-corrected chi connectivity index (χ4v) is 0.780. The van der Waals surface area contributed by atoms with E-state index in [0.29, 0.717) is 0 Å². The molecule has 0 aliphatic rings. The number of hydrogen-bond donors (Lipinski definition) is 1. The Morgan fingerprint density at radius 1 is 1.75 bits per heavy atom. The van der Waals surface area contributed by atoms with E-state index in [1.807, 2.05) is 0 Å². The summed E-state index contributed by atoms with van der Waals surface area (Å²) in [6.45, 7) is 3.12. The van der Waals surface area contributed by atoms with Gasteiger partial charge in [-0.25, -0.2) is 8.42 Å². The van der Waals surface area contributed by atoms with Gasteiger partial charge in [-0.3, -0.25) is 0 Å². The molecule has 0 heterocycles. The summed E-state index contributed by atoms with van der Waals surface area (Å²) >= 11 is 0. The summed E-state index contributed by atoms with van der Waals surface area (Å²) in [5, 5.41) is 3.43. The molecular formula is C4H9NO2S. The van der Waals surface area contributed by atoms with Crippen molar-refractivity contribution in [3.05, 3.63) is 12.0 Å². The second-order valence-electron chi connectivity index (χ2n) is 1.33. The Morgan fingerprint density at radius 2 is 2.25 bits per heavy atom. The van der Waals surface area contributed by atoms with Crippen LogP contribution >= 0.6 is 0 Å². The van der Waals surface area contributed by atoms with E-state index in [1.54, 1.807) is 7.05 Å². The molecule has 0 unspecified atom stereocenters. The van der Waals surface area contributed by atoms with Crippen LogP contribution in [0.4, 0.5) is 0 Å². The third kappa shape index (κ3) is 2.76. The monoisotopic (exact) mass is 135 g/mol. The van der Waals surface area contributed by atoms with Crippen molar-refractivity contribution in [3.63, 3.8) is 0 Å². The minimum atomic E-state index is -3.02. The molecule has 0 saturated heterocycles. The zero-order valence-electron chi connectivity index (χ0n) is 4.72. The van der Waals surface area contributed by atoms with Gasteiger partial charge in [0.1, 0.15) is 5.88 Å². The summed E-state index contributed by atoms with van der Waals surface area (Å²) < 4.78 is 20.8. The van der Waals surface area contributed by atoms with Crippen LogP contribution in [-0.4, -0.2) is 21.3 Å². The van der Waals surface area contributed by atoms with Crippen molar-refractivity contribution in [2.45, 2.75) is 0 Å². The zero-order chi connectivity index (χ0) is 6.62. The lowest BCUT2D eigenvalue weighted by Gasteiger charge is -1.92. The first-order chi connectivity index (χ1) is 3.62. The van der Waals surface area contributed by atoms with E-state index in [1.165, 1.54) is 0 Å². The van der Waals surface area contributed by atoms with Gasteiger partial charge in [-0.1, -0.05) is 6.58 Å². The van der Waals surface area contributed by atoms with Gasteiger partial charge >= 0.3 is 0 Å². The highest BCUT2D eigenvalue weighted by molar-refractivity contribution is 7.94. The van der Waals surface area contributed by atoms with Crippen molar-refractivity contribution in [1.82, 2.24) is 5.32 Å². The molecule has 0 rings (SSSR count). The molecule has 0 aliphatic carbocycles. The average molecular weight is 135 g/mol. The molecule has 4 heteroatoms. The van der Waals surface area contributed by atoms with Gasteiger partial charge in [-0.05, 0) is 7.05 Å². The Kier molecular flexibility index (Phi) is 2.71. The molecule has 8 heavy (non-hydrogen) atoms. The Bertz CT molecular complexity index is 159. The lowest BCUT2D eigenvalue weighted by molar-refractivity contribution is 0.600. The third-order valence-electron chi connectivity index (χ3n) is 0.599. The molecule has 0 spiro atoms. The smallest absolute Gasteiger partial charge is 0.183 e. The van der Waals surface area contributed by atoms with Gasteiger partial charge in [0.05, 0.1) is 0 Å². The minimum absolute atomic E-state index is 0.0313. The van der Waals surface area contributed by atoms with Gasteiger partial charge in [0.15, 0.2) is 9.84 Å². The Labute approximate surface area is 49.3 Å². The molecule has 0 bridgehead atoms. The minimum Gasteiger partial charge on any atom is -0.306 e. The quantitative estimate of drug-likeness (QED) is 0.579. The molecule has 0 aromatic rings. The lowest BCUT2D eigenvalue weighted by Crippen LogP contribution is -2.16. The number of sulfone groups is 1. The Morgan fingerprint density at radius 3 is 2.38 bits per heavy atom. The maximum absolute atomic E-state index is 10.4. The SMILES string of the molecule is C=CS(=O)(=O)CNC. The predicted molar refractivity (Wildman–Crippen MR) is 33.0 cm³/mol. The molecule has 48 valence electrons. The summed E-state index contributed by atoms with van der Waals surface area (Å²) in [6, 6.07) is 0. The normalized spacial score (nSPS) is 11.1. The van der Waals surface area contributed by atoms with Crippen LogP contribution < -0.4 is 5.32 Å². The molecule has 1 N–H and O–H groups in total. The van der Waals surface area contributed by atoms with Crippen LogP contribution in [0.5, 0.6) is 0 Å². The lowest BCUT2D eigenvalue weighted by atomic mass is 11.2. The summed E-state index contributed by atoms with van der Waals surface area (Å²) in [6.07, 6.45) is 0. The maximum Gasteiger partial charge on any atom is 0.183 e. The van der Waals surface area contributed by atoms with Crippen LogP contribution in [0.15, 0.2) is 12.0 Å². The van der Waals surface area contributed by atoms with E-state index in [2.05, 4.69) is 11.9 Å². The second kappa shape index (κ2) is 2.84. The van der Waals surface area contributed by atoms with Crippen molar-refractivity contribution in [1.29, 1.82) is 0 Å². The molecular weight excluding hydrogens is 126 g/mol. The van der Waals surface area contributed by atoms with Crippen molar-refractivity contribution >= 4 is 9.84 Å². The number of hydrogen-bond acceptors (Lipinski definition) is 3. The summed E-state index contributed by atoms with van der Waals surface area (Å²) in [7, 11) is -1.45. The molecule has 0 aromatic heterocycles. The molecule has 0 atom stereocenters. The van der Waals surface area contributed by atoms with Crippen LogP contribution in [0, 0.1) is 0 Å². The van der Waals surface area contributed by atoms with Gasteiger partial charge in [0, 0.05) is 5.41 Å². The van der Waals surface area contributed by atoms with Crippen LogP contribution in [0.1, 0.15) is 0 Å². The van der Waals surface area contributed by atoms with Crippen molar-refractivity contribution in [2.24, 2.45) is 0 Å². The molecule has 0 fully saturated rings. The molecule has 3 nitrogen and oxygen atoms in total. The van der Waals surface area contributed by atoms with E-state index < -0.39 is 9.84 Å². The molecule has 0 aliphatic heterocycles. The van der Waals surface area contributed by atoms with Gasteiger partial charge in [-0.2, -0.15) is 0 Å². The average Bonchev–Trinajstić information content (AvgIpc) is 1.67. The summed E-state index contributed by atoms with van der Waals surface area (Å²) in [5.41, 5.74) is 0. The third-order valence-corrected chi connectivity index (χ3v) is 1.80. The van der Waals surface area contributed by atoms with Crippen molar-refractivity contribution in [2.75, 3.05) is 12.9 Å². The summed E-state index contributed by atoms with van der Waals surface area (Å²) in [5.74, 6) is -0.0313. The summed E-state index contributed by atoms with van der Waals surface area (Å²) in [4.78, 5) is 0. The highest BCUT2D eigenvalue weighted by atomic mass is 32.2. The maximum atomic E-state index is 10.4. The van der Waals surface area contributed by atoms with Crippen LogP contribution in [0.25, 0.3) is 0 Å². The second-order valence-corrected chi connectivity index (χ2v) is 3.28. The Hall–Kier alpha value is -0.350. The molecule has 0 amide bonds. The van der Waals surface area contributed by atoms with E-state index in [0.717, 1.165) is 5.41 Å². The molecule has 0 saturated carbocycles. The highest BCUT2D eigenvalue weighted by Gasteiger charge is 1.98. The van der Waals surface area contributed by atoms with Crippen LogP contribution in [-0.2, 0) is 9.84 Å². The standard InChI is InChI=1S/C4H9NO2S/c1-3-8(6,7)4-5-2/h3,5H,1,4H2,2H3. The predicted octanol–water partition coefficient (Wildman–Crippen LogP) is -0.278. The fourth-order valence-electron chi connectivity index (χ4n) is 0.260. The van der Waals surface area contributed by atoms with E-state index >= 15 is 0 Å². The van der Waals surface area contributed by atoms with Gasteiger partial charge in [0.2, 0.25) is 0 Å². The molecule has 0 aromatic carbocycles. The first kappa shape index (κ1) is 7.65. The van der Waals surface area contributed by atoms with Gasteiger partial charge in [-0.15, -0.1) is 0 Å². The first-order valence-electron chi connectivity index (χ1n) is 2.12. The van der Waals surface area contributed by atoms with Crippen LogP contribution in [0.3, 0.4) is 0 Å². The van der Waals surface area contributed by atoms with E-state index in [9.17, 15) is 8.42 Å². The first-order valence-corrected chi connectivity index (χ1v) is 3.83. The highest BCUT2D eigenvalue weighted by Crippen LogP contribution is 1.83.